The number of ether oxygens (including phenoxy) is 1. The van der Waals surface area contributed by atoms with Gasteiger partial charge in [0.1, 0.15) is 11.6 Å². The zero-order valence-electron chi connectivity index (χ0n) is 13.9. The van der Waals surface area contributed by atoms with Crippen LogP contribution in [0.5, 0.6) is 11.6 Å². The van der Waals surface area contributed by atoms with Crippen LogP contribution in [0.2, 0.25) is 0 Å². The fraction of sp³-hybridized carbons (Fsp3) is 0.167. The van der Waals surface area contributed by atoms with Gasteiger partial charge in [-0.15, -0.1) is 0 Å². The number of carbonyl (C=O) groups excluding carboxylic acids is 1. The summed E-state index contributed by atoms with van der Waals surface area (Å²) in [7, 11) is 0. The van der Waals surface area contributed by atoms with Gasteiger partial charge >= 0.3 is 6.03 Å². The minimum Gasteiger partial charge on any atom is -0.439 e. The van der Waals surface area contributed by atoms with E-state index in [9.17, 15) is 9.18 Å². The van der Waals surface area contributed by atoms with Crippen LogP contribution in [0.3, 0.4) is 0 Å². The maximum atomic E-state index is 12.9. The molecule has 0 aliphatic rings. The van der Waals surface area contributed by atoms with Crippen molar-refractivity contribution in [3.8, 4) is 11.6 Å². The fourth-order valence-electron chi connectivity index (χ4n) is 2.20. The van der Waals surface area contributed by atoms with Gasteiger partial charge in [-0.05, 0) is 36.8 Å². The molecule has 0 bridgehead atoms. The molecule has 2 heterocycles. The highest BCUT2D eigenvalue weighted by Crippen LogP contribution is 2.20. The van der Waals surface area contributed by atoms with Crippen molar-refractivity contribution in [2.24, 2.45) is 0 Å². The Bertz CT molecular complexity index is 820. The van der Waals surface area contributed by atoms with Gasteiger partial charge in [-0.3, -0.25) is 0 Å². The minimum atomic E-state index is -0.333. The van der Waals surface area contributed by atoms with E-state index in [-0.39, 0.29) is 11.8 Å². The SMILES string of the molecule is O=C(NCCCn1ccnc1)Nc1ccc(Oc2ccc(F)cc2)nc1. The summed E-state index contributed by atoms with van der Waals surface area (Å²) in [6.45, 7) is 1.33. The highest BCUT2D eigenvalue weighted by Gasteiger charge is 2.03. The first kappa shape index (κ1) is 17.4. The Morgan fingerprint density at radius 3 is 2.73 bits per heavy atom. The van der Waals surface area contributed by atoms with Crippen LogP contribution in [0.4, 0.5) is 14.9 Å². The monoisotopic (exact) mass is 355 g/mol. The van der Waals surface area contributed by atoms with Crippen molar-refractivity contribution in [2.75, 3.05) is 11.9 Å². The number of carbonyl (C=O) groups is 1. The maximum absolute atomic E-state index is 12.9. The highest BCUT2D eigenvalue weighted by atomic mass is 19.1. The molecule has 0 aliphatic carbocycles. The number of imidazole rings is 1. The van der Waals surface area contributed by atoms with Crippen molar-refractivity contribution in [1.82, 2.24) is 19.9 Å². The van der Waals surface area contributed by atoms with Gasteiger partial charge in [0, 0.05) is 31.5 Å². The molecule has 134 valence electrons. The summed E-state index contributed by atoms with van der Waals surface area (Å²) >= 11 is 0. The summed E-state index contributed by atoms with van der Waals surface area (Å²) in [5.74, 6) is 0.499. The number of hydrogen-bond donors (Lipinski definition) is 2. The molecule has 2 aromatic heterocycles. The summed E-state index contributed by atoms with van der Waals surface area (Å²) < 4.78 is 20.3. The molecule has 0 saturated heterocycles. The Morgan fingerprint density at radius 1 is 1.19 bits per heavy atom. The number of hydrogen-bond acceptors (Lipinski definition) is 4. The van der Waals surface area contributed by atoms with Gasteiger partial charge in [0.15, 0.2) is 0 Å². The standard InChI is InChI=1S/C18H18FN5O2/c19-14-2-5-16(6-3-14)26-17-7-4-15(12-22-17)23-18(25)21-8-1-10-24-11-9-20-13-24/h2-7,9,11-13H,1,8,10H2,(H2,21,23,25). The molecule has 8 heteroatoms. The summed E-state index contributed by atoms with van der Waals surface area (Å²) in [4.78, 5) is 19.9. The minimum absolute atomic E-state index is 0.301. The van der Waals surface area contributed by atoms with Gasteiger partial charge in [0.2, 0.25) is 5.88 Å². The van der Waals surface area contributed by atoms with E-state index in [1.54, 1.807) is 24.7 Å². The van der Waals surface area contributed by atoms with Crippen LogP contribution < -0.4 is 15.4 Å². The Morgan fingerprint density at radius 2 is 2.04 bits per heavy atom. The normalized spacial score (nSPS) is 10.3. The van der Waals surface area contributed by atoms with Crippen molar-refractivity contribution in [2.45, 2.75) is 13.0 Å². The molecule has 0 fully saturated rings. The van der Waals surface area contributed by atoms with E-state index in [1.807, 2.05) is 10.8 Å². The van der Waals surface area contributed by atoms with Crippen LogP contribution in [0, 0.1) is 5.82 Å². The molecule has 3 aromatic rings. The average molecular weight is 355 g/mol. The molecular formula is C18H18FN5O2. The van der Waals surface area contributed by atoms with E-state index in [4.69, 9.17) is 4.74 Å². The summed E-state index contributed by atoms with van der Waals surface area (Å²) in [6, 6.07) is 8.64. The third-order valence-electron chi connectivity index (χ3n) is 3.47. The van der Waals surface area contributed by atoms with Gasteiger partial charge < -0.3 is 19.9 Å². The highest BCUT2D eigenvalue weighted by molar-refractivity contribution is 5.88. The lowest BCUT2D eigenvalue weighted by Gasteiger charge is -2.09. The number of aromatic nitrogens is 3. The largest absolute Gasteiger partial charge is 0.439 e. The number of aryl methyl sites for hydroxylation is 1. The lowest BCUT2D eigenvalue weighted by molar-refractivity contribution is 0.252. The van der Waals surface area contributed by atoms with E-state index < -0.39 is 0 Å². The van der Waals surface area contributed by atoms with E-state index in [0.29, 0.717) is 23.9 Å². The second kappa shape index (κ2) is 8.61. The molecular weight excluding hydrogens is 337 g/mol. The molecule has 0 spiro atoms. The molecule has 0 radical (unpaired) electrons. The van der Waals surface area contributed by atoms with Gasteiger partial charge in [0.25, 0.3) is 0 Å². The number of halogens is 1. The van der Waals surface area contributed by atoms with Crippen molar-refractivity contribution >= 4 is 11.7 Å². The van der Waals surface area contributed by atoms with Gasteiger partial charge in [0.05, 0.1) is 18.2 Å². The molecule has 3 rings (SSSR count). The molecule has 0 unspecified atom stereocenters. The van der Waals surface area contributed by atoms with Gasteiger partial charge in [-0.25, -0.2) is 19.2 Å². The molecule has 2 amide bonds. The molecule has 0 aliphatic heterocycles. The summed E-state index contributed by atoms with van der Waals surface area (Å²) in [6.07, 6.45) is 7.62. The predicted octanol–water partition coefficient (Wildman–Crippen LogP) is 3.42. The molecule has 26 heavy (non-hydrogen) atoms. The van der Waals surface area contributed by atoms with Crippen LogP contribution in [-0.4, -0.2) is 27.1 Å². The number of pyridine rings is 1. The Labute approximate surface area is 149 Å². The number of nitrogens with one attached hydrogen (secondary N) is 2. The molecule has 0 saturated carbocycles. The second-order valence-electron chi connectivity index (χ2n) is 5.48. The van der Waals surface area contributed by atoms with Gasteiger partial charge in [-0.1, -0.05) is 0 Å². The number of anilines is 1. The van der Waals surface area contributed by atoms with Crippen LogP contribution in [0.25, 0.3) is 0 Å². The number of urea groups is 1. The maximum Gasteiger partial charge on any atom is 0.319 e. The van der Waals surface area contributed by atoms with Crippen molar-refractivity contribution in [3.63, 3.8) is 0 Å². The second-order valence-corrected chi connectivity index (χ2v) is 5.48. The quantitative estimate of drug-likeness (QED) is 0.636. The first-order chi connectivity index (χ1) is 12.7. The van der Waals surface area contributed by atoms with Crippen LogP contribution in [0.1, 0.15) is 6.42 Å². The smallest absolute Gasteiger partial charge is 0.319 e. The van der Waals surface area contributed by atoms with Crippen LogP contribution in [-0.2, 0) is 6.54 Å². The number of benzene rings is 1. The lowest BCUT2D eigenvalue weighted by Crippen LogP contribution is -2.30. The Kier molecular flexibility index (Phi) is 5.76. The summed E-state index contributed by atoms with van der Waals surface area (Å²) in [5.41, 5.74) is 0.545. The lowest BCUT2D eigenvalue weighted by atomic mass is 10.3. The molecule has 0 atom stereocenters. The van der Waals surface area contributed by atoms with Crippen molar-refractivity contribution < 1.29 is 13.9 Å². The Hall–Kier alpha value is -3.42. The number of rotatable bonds is 7. The van der Waals surface area contributed by atoms with Crippen LogP contribution in [0.15, 0.2) is 61.3 Å². The van der Waals surface area contributed by atoms with E-state index in [1.165, 1.54) is 30.5 Å². The van der Waals surface area contributed by atoms with E-state index in [0.717, 1.165) is 13.0 Å². The summed E-state index contributed by atoms with van der Waals surface area (Å²) in [5, 5.41) is 5.47. The number of nitrogens with zero attached hydrogens (tertiary/aromatic N) is 3. The topological polar surface area (TPSA) is 81.1 Å². The average Bonchev–Trinajstić information content (AvgIpc) is 3.16. The van der Waals surface area contributed by atoms with E-state index in [2.05, 4.69) is 20.6 Å². The third kappa shape index (κ3) is 5.30. The van der Waals surface area contributed by atoms with Crippen molar-refractivity contribution in [1.29, 1.82) is 0 Å². The fourth-order valence-corrected chi connectivity index (χ4v) is 2.20. The molecule has 2 N–H and O–H groups in total. The third-order valence-corrected chi connectivity index (χ3v) is 3.47. The number of amides is 2. The Balaban J connectivity index is 1.41. The van der Waals surface area contributed by atoms with Gasteiger partial charge in [-0.2, -0.15) is 0 Å². The van der Waals surface area contributed by atoms with E-state index >= 15 is 0 Å². The first-order valence-corrected chi connectivity index (χ1v) is 8.09. The molecule has 1 aromatic carbocycles. The predicted molar refractivity (Wildman–Crippen MR) is 94.6 cm³/mol. The first-order valence-electron chi connectivity index (χ1n) is 8.09. The zero-order chi connectivity index (χ0) is 18.2. The zero-order valence-corrected chi connectivity index (χ0v) is 13.9. The molecule has 7 nitrogen and oxygen atoms in total. The van der Waals surface area contributed by atoms with Crippen molar-refractivity contribution in [3.05, 3.63) is 67.1 Å². The van der Waals surface area contributed by atoms with Crippen LogP contribution >= 0.6 is 0 Å².